The molecule has 0 saturated heterocycles. The molecule has 29 heavy (non-hydrogen) atoms. The Balaban J connectivity index is 1.75. The minimum Gasteiger partial charge on any atom is -0.494 e. The number of amides is 1. The van der Waals surface area contributed by atoms with Gasteiger partial charge in [0.2, 0.25) is 0 Å². The van der Waals surface area contributed by atoms with Gasteiger partial charge in [-0.05, 0) is 55.8 Å². The third kappa shape index (κ3) is 3.85. The lowest BCUT2D eigenvalue weighted by atomic mass is 10.00. The maximum Gasteiger partial charge on any atom is 0.256 e. The summed E-state index contributed by atoms with van der Waals surface area (Å²) in [6.07, 6.45) is 5.41. The van der Waals surface area contributed by atoms with Gasteiger partial charge in [0.05, 0.1) is 13.2 Å². The largest absolute Gasteiger partial charge is 0.494 e. The van der Waals surface area contributed by atoms with Crippen LogP contribution in [0.15, 0.2) is 60.9 Å². The molecule has 146 valence electrons. The Bertz CT molecular complexity index is 1070. The Morgan fingerprint density at radius 2 is 1.86 bits per heavy atom. The standard InChI is InChI=1S/C24H22N2O3/c1-3-28-19-8-10-23(29-4-2)18(12-19)13-21-20-9-7-16(14-22(20)26-24(21)27)17-6-5-11-25-15-17/h5-15H,3-4H2,1-2H3,(H,26,27). The number of nitrogens with zero attached hydrogens (tertiary/aromatic N) is 1. The first-order valence-electron chi connectivity index (χ1n) is 9.67. The van der Waals surface area contributed by atoms with Crippen LogP contribution < -0.4 is 14.8 Å². The number of benzene rings is 2. The molecule has 4 rings (SSSR count). The van der Waals surface area contributed by atoms with Crippen LogP contribution in [0.25, 0.3) is 22.8 Å². The van der Waals surface area contributed by atoms with E-state index < -0.39 is 0 Å². The summed E-state index contributed by atoms with van der Waals surface area (Å²) < 4.78 is 11.4. The molecule has 2 aromatic carbocycles. The van der Waals surface area contributed by atoms with E-state index in [4.69, 9.17) is 9.47 Å². The average Bonchev–Trinajstić information content (AvgIpc) is 3.05. The van der Waals surface area contributed by atoms with Crippen LogP contribution in [0, 0.1) is 0 Å². The van der Waals surface area contributed by atoms with Crippen molar-refractivity contribution in [3.8, 4) is 22.6 Å². The minimum atomic E-state index is -0.132. The van der Waals surface area contributed by atoms with Crippen LogP contribution in [0.5, 0.6) is 11.5 Å². The Kier molecular flexibility index (Phi) is 5.29. The van der Waals surface area contributed by atoms with Crippen molar-refractivity contribution in [1.82, 2.24) is 4.98 Å². The number of hydrogen-bond donors (Lipinski definition) is 1. The van der Waals surface area contributed by atoms with Gasteiger partial charge in [-0.3, -0.25) is 9.78 Å². The zero-order valence-electron chi connectivity index (χ0n) is 16.4. The Hall–Kier alpha value is -3.60. The molecule has 0 fully saturated rings. The molecular weight excluding hydrogens is 364 g/mol. The highest BCUT2D eigenvalue weighted by Crippen LogP contribution is 2.37. The third-order valence-corrected chi connectivity index (χ3v) is 4.69. The summed E-state index contributed by atoms with van der Waals surface area (Å²) in [7, 11) is 0. The molecule has 0 unspecified atom stereocenters. The molecular formula is C24H22N2O3. The summed E-state index contributed by atoms with van der Waals surface area (Å²) >= 11 is 0. The van der Waals surface area contributed by atoms with E-state index in [0.29, 0.717) is 18.8 Å². The van der Waals surface area contributed by atoms with Crippen molar-refractivity contribution in [3.05, 3.63) is 72.1 Å². The lowest BCUT2D eigenvalue weighted by molar-refractivity contribution is -0.110. The van der Waals surface area contributed by atoms with E-state index >= 15 is 0 Å². The summed E-state index contributed by atoms with van der Waals surface area (Å²) in [5.41, 5.74) is 5.09. The topological polar surface area (TPSA) is 60.5 Å². The molecule has 0 atom stereocenters. The summed E-state index contributed by atoms with van der Waals surface area (Å²) in [5.74, 6) is 1.33. The lowest BCUT2D eigenvalue weighted by Gasteiger charge is -2.11. The maximum absolute atomic E-state index is 12.7. The predicted octanol–water partition coefficient (Wildman–Crippen LogP) is 5.04. The molecule has 0 aliphatic carbocycles. The van der Waals surface area contributed by atoms with Gasteiger partial charge >= 0.3 is 0 Å². The van der Waals surface area contributed by atoms with E-state index in [1.54, 1.807) is 6.20 Å². The monoisotopic (exact) mass is 386 g/mol. The average molecular weight is 386 g/mol. The number of aromatic nitrogens is 1. The van der Waals surface area contributed by atoms with Crippen molar-refractivity contribution in [2.45, 2.75) is 13.8 Å². The second-order valence-electron chi connectivity index (χ2n) is 6.58. The van der Waals surface area contributed by atoms with Gasteiger partial charge in [-0.15, -0.1) is 0 Å². The SMILES string of the molecule is CCOc1ccc(OCC)c(C=C2C(=O)Nc3cc(-c4cccnc4)ccc32)c1. The Labute approximate surface area is 170 Å². The molecule has 0 bridgehead atoms. The van der Waals surface area contributed by atoms with Crippen LogP contribution in [-0.4, -0.2) is 24.1 Å². The van der Waals surface area contributed by atoms with Crippen molar-refractivity contribution in [1.29, 1.82) is 0 Å². The number of carbonyl (C=O) groups is 1. The molecule has 0 radical (unpaired) electrons. The van der Waals surface area contributed by atoms with Crippen molar-refractivity contribution < 1.29 is 14.3 Å². The van der Waals surface area contributed by atoms with Gasteiger partial charge in [-0.2, -0.15) is 0 Å². The fraction of sp³-hybridized carbons (Fsp3) is 0.167. The molecule has 5 nitrogen and oxygen atoms in total. The van der Waals surface area contributed by atoms with E-state index in [2.05, 4.69) is 10.3 Å². The number of hydrogen-bond acceptors (Lipinski definition) is 4. The second-order valence-corrected chi connectivity index (χ2v) is 6.58. The van der Waals surface area contributed by atoms with E-state index in [0.717, 1.165) is 39.4 Å². The number of nitrogens with one attached hydrogen (secondary N) is 1. The quantitative estimate of drug-likeness (QED) is 0.603. The fourth-order valence-corrected chi connectivity index (χ4v) is 3.39. The van der Waals surface area contributed by atoms with Gasteiger partial charge in [0, 0.05) is 40.3 Å². The van der Waals surface area contributed by atoms with Crippen molar-refractivity contribution in [2.24, 2.45) is 0 Å². The van der Waals surface area contributed by atoms with Crippen molar-refractivity contribution in [2.75, 3.05) is 18.5 Å². The van der Waals surface area contributed by atoms with Crippen molar-refractivity contribution >= 4 is 23.2 Å². The van der Waals surface area contributed by atoms with Crippen LogP contribution in [-0.2, 0) is 4.79 Å². The third-order valence-electron chi connectivity index (χ3n) is 4.69. The van der Waals surface area contributed by atoms with Crippen LogP contribution in [0.3, 0.4) is 0 Å². The first-order chi connectivity index (χ1) is 14.2. The molecule has 1 aliphatic heterocycles. The van der Waals surface area contributed by atoms with Crippen LogP contribution in [0.1, 0.15) is 25.0 Å². The first kappa shape index (κ1) is 18.7. The number of rotatable bonds is 6. The Morgan fingerprint density at radius 1 is 1.00 bits per heavy atom. The number of fused-ring (bicyclic) bond motifs is 1. The van der Waals surface area contributed by atoms with Gasteiger partial charge in [0.15, 0.2) is 0 Å². The van der Waals surface area contributed by atoms with Gasteiger partial charge < -0.3 is 14.8 Å². The molecule has 0 saturated carbocycles. The summed E-state index contributed by atoms with van der Waals surface area (Å²) in [5, 5.41) is 2.97. The molecule has 3 aromatic rings. The Morgan fingerprint density at radius 3 is 2.62 bits per heavy atom. The zero-order valence-corrected chi connectivity index (χ0v) is 16.4. The van der Waals surface area contributed by atoms with Gasteiger partial charge in [-0.1, -0.05) is 18.2 Å². The molecule has 1 N–H and O–H groups in total. The number of carbonyl (C=O) groups excluding carboxylic acids is 1. The van der Waals surface area contributed by atoms with Crippen LogP contribution in [0.2, 0.25) is 0 Å². The summed E-state index contributed by atoms with van der Waals surface area (Å²) in [6, 6.07) is 15.5. The molecule has 1 amide bonds. The lowest BCUT2D eigenvalue weighted by Crippen LogP contribution is -2.04. The second kappa shape index (κ2) is 8.19. The maximum atomic E-state index is 12.7. The van der Waals surface area contributed by atoms with Crippen LogP contribution >= 0.6 is 0 Å². The smallest absolute Gasteiger partial charge is 0.256 e. The van der Waals surface area contributed by atoms with Gasteiger partial charge in [0.1, 0.15) is 11.5 Å². The number of anilines is 1. The zero-order chi connectivity index (χ0) is 20.2. The number of ether oxygens (including phenoxy) is 2. The van der Waals surface area contributed by atoms with E-state index in [9.17, 15) is 4.79 Å². The number of pyridine rings is 1. The highest BCUT2D eigenvalue weighted by Gasteiger charge is 2.25. The highest BCUT2D eigenvalue weighted by molar-refractivity contribution is 6.35. The normalized spacial score (nSPS) is 13.9. The van der Waals surface area contributed by atoms with E-state index in [-0.39, 0.29) is 5.91 Å². The molecule has 5 heteroatoms. The molecule has 1 aromatic heterocycles. The van der Waals surface area contributed by atoms with Crippen molar-refractivity contribution in [3.63, 3.8) is 0 Å². The molecule has 0 spiro atoms. The minimum absolute atomic E-state index is 0.132. The predicted molar refractivity (Wildman–Crippen MR) is 115 cm³/mol. The molecule has 2 heterocycles. The molecule has 1 aliphatic rings. The van der Waals surface area contributed by atoms with Gasteiger partial charge in [0.25, 0.3) is 5.91 Å². The highest BCUT2D eigenvalue weighted by atomic mass is 16.5. The van der Waals surface area contributed by atoms with E-state index in [1.807, 2.05) is 74.7 Å². The van der Waals surface area contributed by atoms with Gasteiger partial charge in [-0.25, -0.2) is 0 Å². The summed E-state index contributed by atoms with van der Waals surface area (Å²) in [6.45, 7) is 4.99. The van der Waals surface area contributed by atoms with E-state index in [1.165, 1.54) is 0 Å². The van der Waals surface area contributed by atoms with Crippen LogP contribution in [0.4, 0.5) is 5.69 Å². The first-order valence-corrected chi connectivity index (χ1v) is 9.67. The summed E-state index contributed by atoms with van der Waals surface area (Å²) in [4.78, 5) is 16.9. The fourth-order valence-electron chi connectivity index (χ4n) is 3.39.